The van der Waals surface area contributed by atoms with Crippen LogP contribution in [0.15, 0.2) is 60.2 Å². The number of aliphatic hydroxyl groups is 2. The summed E-state index contributed by atoms with van der Waals surface area (Å²) >= 11 is 0. The van der Waals surface area contributed by atoms with E-state index >= 15 is 0 Å². The Kier molecular flexibility index (Phi) is 6.90. The van der Waals surface area contributed by atoms with E-state index in [2.05, 4.69) is 0 Å². The van der Waals surface area contributed by atoms with E-state index in [0.29, 0.717) is 36.5 Å². The Bertz CT molecular complexity index is 1750. The number of aryl methyl sites for hydroxylation is 2. The lowest BCUT2D eigenvalue weighted by atomic mass is 9.59. The van der Waals surface area contributed by atoms with Gasteiger partial charge >= 0.3 is 16.2 Å². The molecule has 1 aromatic heterocycles. The van der Waals surface area contributed by atoms with Crippen molar-refractivity contribution in [3.63, 3.8) is 0 Å². The molecule has 12 heteroatoms. The zero-order chi connectivity index (χ0) is 30.1. The highest BCUT2D eigenvalue weighted by Crippen LogP contribution is 2.56. The highest BCUT2D eigenvalue weighted by molar-refractivity contribution is 7.94. The number of rotatable bonds is 9. The number of carboxylic acids is 1. The van der Waals surface area contributed by atoms with Crippen molar-refractivity contribution >= 4 is 44.1 Å². The van der Waals surface area contributed by atoms with E-state index in [1.54, 1.807) is 6.07 Å². The molecule has 1 fully saturated rings. The third kappa shape index (κ3) is 4.15. The number of aromatic nitrogens is 2. The second kappa shape index (κ2) is 10.2. The van der Waals surface area contributed by atoms with Crippen LogP contribution < -0.4 is 13.2 Å². The molecule has 0 saturated heterocycles. The molecule has 5 atom stereocenters. The first-order valence-electron chi connectivity index (χ1n) is 14.1. The third-order valence-corrected chi connectivity index (χ3v) is 11.1. The Morgan fingerprint density at radius 3 is 2.62 bits per heavy atom. The van der Waals surface area contributed by atoms with E-state index in [9.17, 15) is 33.3 Å². The molecular weight excluding hydrogens is 560 g/mol. The summed E-state index contributed by atoms with van der Waals surface area (Å²) in [6.07, 6.45) is 5.55. The van der Waals surface area contributed by atoms with Crippen LogP contribution in [0.5, 0.6) is 0 Å². The summed E-state index contributed by atoms with van der Waals surface area (Å²) in [6.45, 7) is 4.41. The number of carboxylic acid groups (broad SMARTS) is 1. The number of benzene rings is 2. The van der Waals surface area contributed by atoms with Gasteiger partial charge in [0.1, 0.15) is 24.7 Å². The van der Waals surface area contributed by atoms with Gasteiger partial charge in [0.2, 0.25) is 6.33 Å². The number of hydrogen-bond acceptors (Lipinski definition) is 6. The molecule has 0 spiro atoms. The SMILES string of the molecule is C[C@@H](O)[C@H]1C(=O)C2C(C(=O)O)=C(CN3c4cccc5c(CCn6cc[n+](CCO)c6)ccc(c45)N(C)S3(=O)=O)[C@H](C)[C@@H]21. The minimum atomic E-state index is -4.07. The molecule has 2 heterocycles. The molecule has 0 radical (unpaired) electrons. The monoisotopic (exact) mass is 595 g/mol. The first kappa shape index (κ1) is 28.4. The maximum Gasteiger partial charge on any atom is 0.332 e. The number of hydrogen-bond donors (Lipinski definition) is 3. The first-order chi connectivity index (χ1) is 20.0. The van der Waals surface area contributed by atoms with Crippen molar-refractivity contribution in [3.8, 4) is 0 Å². The molecule has 0 amide bonds. The Balaban J connectivity index is 1.40. The number of nitrogens with zero attached hydrogens (tertiary/aromatic N) is 4. The number of carbonyl (C=O) groups excluding carboxylic acids is 1. The average Bonchev–Trinajstić information content (AvgIpc) is 3.48. The first-order valence-corrected chi connectivity index (χ1v) is 15.5. The number of aliphatic carboxylic acids is 1. The number of fused-ring (bicyclic) bond motifs is 1. The highest BCUT2D eigenvalue weighted by Gasteiger charge is 2.61. The summed E-state index contributed by atoms with van der Waals surface area (Å²) in [7, 11) is -2.58. The van der Waals surface area contributed by atoms with Crippen molar-refractivity contribution in [1.29, 1.82) is 0 Å². The molecule has 2 aliphatic carbocycles. The lowest BCUT2D eigenvalue weighted by Crippen LogP contribution is -2.53. The van der Waals surface area contributed by atoms with Gasteiger partial charge in [-0.05, 0) is 47.4 Å². The average molecular weight is 596 g/mol. The summed E-state index contributed by atoms with van der Waals surface area (Å²) in [4.78, 5) is 25.3. The van der Waals surface area contributed by atoms with Crippen molar-refractivity contribution < 1.29 is 37.9 Å². The van der Waals surface area contributed by atoms with E-state index in [4.69, 9.17) is 0 Å². The van der Waals surface area contributed by atoms with Gasteiger partial charge in [0.05, 0.1) is 43.1 Å². The van der Waals surface area contributed by atoms with Crippen LogP contribution in [0.2, 0.25) is 0 Å². The van der Waals surface area contributed by atoms with Gasteiger partial charge in [-0.25, -0.2) is 18.2 Å². The van der Waals surface area contributed by atoms with Crippen LogP contribution in [0.1, 0.15) is 19.4 Å². The minimum Gasteiger partial charge on any atom is -0.478 e. The van der Waals surface area contributed by atoms with Gasteiger partial charge in [-0.2, -0.15) is 8.42 Å². The molecule has 6 rings (SSSR count). The zero-order valence-corrected chi connectivity index (χ0v) is 24.5. The Morgan fingerprint density at radius 2 is 1.93 bits per heavy atom. The van der Waals surface area contributed by atoms with Crippen LogP contribution in [0.3, 0.4) is 0 Å². The molecule has 1 saturated carbocycles. The molecule has 42 heavy (non-hydrogen) atoms. The van der Waals surface area contributed by atoms with Crippen LogP contribution in [0.4, 0.5) is 11.4 Å². The normalized spacial score (nSPS) is 25.1. The van der Waals surface area contributed by atoms with Crippen molar-refractivity contribution in [2.75, 3.05) is 28.8 Å². The second-order valence-corrected chi connectivity index (χ2v) is 13.4. The largest absolute Gasteiger partial charge is 0.478 e. The Hall–Kier alpha value is -3.74. The van der Waals surface area contributed by atoms with Crippen molar-refractivity contribution in [2.24, 2.45) is 23.7 Å². The number of Topliss-reactive ketones (excluding diaryl/α,β-unsaturated/α-hetero) is 1. The number of anilines is 2. The molecule has 1 aliphatic heterocycles. The molecule has 0 bridgehead atoms. The van der Waals surface area contributed by atoms with Crippen molar-refractivity contribution in [1.82, 2.24) is 4.57 Å². The standard InChI is InChI=1S/C30H34N4O7S/c1-17-21(27(30(38)39)28-24(17)25(18(2)36)29(28)37)15-34-23-6-4-5-20-19(9-10-32-11-12-33(16-32)13-14-35)7-8-22(26(20)23)31(3)42(34,40)41/h4-8,11-12,16-18,24-25,28,35-36H,9-10,13-15H2,1-3H3/p+1/t17-,18+,24+,25+,28?/m0/s1. The molecule has 3 N–H and O–H groups in total. The quantitative estimate of drug-likeness (QED) is 0.318. The van der Waals surface area contributed by atoms with Crippen LogP contribution in [0.25, 0.3) is 10.8 Å². The van der Waals surface area contributed by atoms with Gasteiger partial charge in [0.15, 0.2) is 0 Å². The van der Waals surface area contributed by atoms with Gasteiger partial charge in [-0.1, -0.05) is 25.1 Å². The fourth-order valence-electron chi connectivity index (χ4n) is 7.25. The van der Waals surface area contributed by atoms with Gasteiger partial charge in [0.25, 0.3) is 0 Å². The van der Waals surface area contributed by atoms with Gasteiger partial charge in [0, 0.05) is 30.3 Å². The number of imidazole rings is 1. The van der Waals surface area contributed by atoms with E-state index in [1.807, 2.05) is 59.0 Å². The number of carbonyl (C=O) groups is 2. The molecule has 11 nitrogen and oxygen atoms in total. The summed E-state index contributed by atoms with van der Waals surface area (Å²) < 4.78 is 34.2. The third-order valence-electron chi connectivity index (χ3n) is 9.35. The van der Waals surface area contributed by atoms with Crippen LogP contribution in [0, 0.1) is 23.7 Å². The number of aliphatic hydroxyl groups excluding tert-OH is 2. The maximum absolute atomic E-state index is 13.9. The van der Waals surface area contributed by atoms with Crippen LogP contribution in [-0.2, 0) is 39.3 Å². The van der Waals surface area contributed by atoms with Crippen molar-refractivity contribution in [3.05, 3.63) is 65.8 Å². The predicted molar refractivity (Wildman–Crippen MR) is 155 cm³/mol. The molecule has 2 aromatic carbocycles. The molecule has 222 valence electrons. The van der Waals surface area contributed by atoms with Crippen LogP contribution in [-0.4, -0.2) is 66.4 Å². The fourth-order valence-corrected chi connectivity index (χ4v) is 8.65. The minimum absolute atomic E-state index is 0.0378. The molecule has 1 unspecified atom stereocenters. The summed E-state index contributed by atoms with van der Waals surface area (Å²) in [6, 6.07) is 9.27. The van der Waals surface area contributed by atoms with Gasteiger partial charge < -0.3 is 15.3 Å². The molecule has 3 aliphatic rings. The van der Waals surface area contributed by atoms with Crippen molar-refractivity contribution in [2.45, 2.75) is 39.5 Å². The fraction of sp³-hybridized carbons (Fsp3) is 0.433. The summed E-state index contributed by atoms with van der Waals surface area (Å²) in [5.41, 5.74) is 2.41. The predicted octanol–water partition coefficient (Wildman–Crippen LogP) is 1.51. The van der Waals surface area contributed by atoms with E-state index in [-0.39, 0.29) is 36.3 Å². The van der Waals surface area contributed by atoms with Gasteiger partial charge in [-0.15, -0.1) is 0 Å². The van der Waals surface area contributed by atoms with Gasteiger partial charge in [-0.3, -0.25) is 9.10 Å². The smallest absolute Gasteiger partial charge is 0.332 e. The van der Waals surface area contributed by atoms with E-state index < -0.39 is 34.1 Å². The molecule has 3 aromatic rings. The lowest BCUT2D eigenvalue weighted by Gasteiger charge is -2.43. The Morgan fingerprint density at radius 1 is 1.17 bits per heavy atom. The highest BCUT2D eigenvalue weighted by atomic mass is 32.2. The Labute approximate surface area is 244 Å². The van der Waals surface area contributed by atoms with Crippen LogP contribution >= 0.6 is 0 Å². The zero-order valence-electron chi connectivity index (χ0n) is 23.7. The van der Waals surface area contributed by atoms with E-state index in [1.165, 1.54) is 22.6 Å². The summed E-state index contributed by atoms with van der Waals surface area (Å²) in [5, 5.41) is 31.2. The summed E-state index contributed by atoms with van der Waals surface area (Å²) in [5.74, 6) is -3.78. The topological polar surface area (TPSA) is 144 Å². The number of ketones is 1. The maximum atomic E-state index is 13.9. The molecular formula is C30H35N4O7S+. The lowest BCUT2D eigenvalue weighted by molar-refractivity contribution is -0.697. The second-order valence-electron chi connectivity index (χ2n) is 11.5. The van der Waals surface area contributed by atoms with E-state index in [0.717, 1.165) is 16.3 Å².